The lowest BCUT2D eigenvalue weighted by molar-refractivity contribution is 0.368. The second kappa shape index (κ2) is 6.02. The summed E-state index contributed by atoms with van der Waals surface area (Å²) in [5, 5.41) is 0. The van der Waals surface area contributed by atoms with Gasteiger partial charge in [0.2, 0.25) is 0 Å². The lowest BCUT2D eigenvalue weighted by Crippen LogP contribution is -2.21. The van der Waals surface area contributed by atoms with Gasteiger partial charge in [-0.05, 0) is 45.2 Å². The van der Waals surface area contributed by atoms with Gasteiger partial charge < -0.3 is 0 Å². The molecule has 0 aromatic heterocycles. The highest BCUT2D eigenvalue weighted by Gasteiger charge is 2.10. The second-order valence-electron chi connectivity index (χ2n) is 4.48. The number of hydrogen-bond acceptors (Lipinski definition) is 1. The minimum Gasteiger partial charge on any atom is -0.299 e. The Kier molecular flexibility index (Phi) is 4.95. The molecule has 0 saturated carbocycles. The van der Waals surface area contributed by atoms with E-state index in [2.05, 4.69) is 31.4 Å². The maximum atomic E-state index is 3.80. The monoisotopic (exact) mass is 193 g/mol. The zero-order valence-electron chi connectivity index (χ0n) is 9.63. The third-order valence-electron chi connectivity index (χ3n) is 2.91. The Labute approximate surface area is 88.5 Å². The van der Waals surface area contributed by atoms with E-state index < -0.39 is 0 Å². The molecule has 0 bridgehead atoms. The Morgan fingerprint density at radius 1 is 1.43 bits per heavy atom. The molecule has 0 aromatic carbocycles. The van der Waals surface area contributed by atoms with Gasteiger partial charge in [0.15, 0.2) is 0 Å². The van der Waals surface area contributed by atoms with E-state index in [1.165, 1.54) is 38.0 Å². The summed E-state index contributed by atoms with van der Waals surface area (Å²) in [4.78, 5) is 2.55. The van der Waals surface area contributed by atoms with E-state index in [4.69, 9.17) is 0 Å². The lowest BCUT2D eigenvalue weighted by Gasteiger charge is -2.15. The first-order valence-electron chi connectivity index (χ1n) is 5.73. The standard InChI is InChI=1S/C13H23N/c1-4-12(2)7-8-13(3)11-14-9-5-6-10-14/h4,8,12H,1,5-7,9-11H2,2-3H3/b13-8+. The number of likely N-dealkylation sites (tertiary alicyclic amines) is 1. The van der Waals surface area contributed by atoms with Gasteiger partial charge >= 0.3 is 0 Å². The van der Waals surface area contributed by atoms with Gasteiger partial charge in [-0.1, -0.05) is 24.6 Å². The summed E-state index contributed by atoms with van der Waals surface area (Å²) in [6, 6.07) is 0. The fourth-order valence-electron chi connectivity index (χ4n) is 1.84. The van der Waals surface area contributed by atoms with Gasteiger partial charge in [-0.25, -0.2) is 0 Å². The first-order valence-corrected chi connectivity index (χ1v) is 5.73. The molecule has 1 atom stereocenters. The minimum absolute atomic E-state index is 0.614. The van der Waals surface area contributed by atoms with Crippen molar-refractivity contribution in [3.05, 3.63) is 24.3 Å². The van der Waals surface area contributed by atoms with E-state index >= 15 is 0 Å². The lowest BCUT2D eigenvalue weighted by atomic mass is 10.1. The van der Waals surface area contributed by atoms with Crippen LogP contribution in [0.4, 0.5) is 0 Å². The molecule has 80 valence electrons. The fraction of sp³-hybridized carbons (Fsp3) is 0.692. The molecule has 0 N–H and O–H groups in total. The van der Waals surface area contributed by atoms with E-state index in [0.29, 0.717) is 5.92 Å². The summed E-state index contributed by atoms with van der Waals surface area (Å²) < 4.78 is 0. The Hall–Kier alpha value is -0.560. The van der Waals surface area contributed by atoms with Crippen molar-refractivity contribution >= 4 is 0 Å². The largest absolute Gasteiger partial charge is 0.299 e. The highest BCUT2D eigenvalue weighted by Crippen LogP contribution is 2.11. The topological polar surface area (TPSA) is 3.24 Å². The number of nitrogens with zero attached hydrogens (tertiary/aromatic N) is 1. The maximum Gasteiger partial charge on any atom is 0.0190 e. The highest BCUT2D eigenvalue weighted by molar-refractivity contribution is 5.02. The van der Waals surface area contributed by atoms with Gasteiger partial charge in [0.1, 0.15) is 0 Å². The fourth-order valence-corrected chi connectivity index (χ4v) is 1.84. The van der Waals surface area contributed by atoms with Crippen molar-refractivity contribution in [1.29, 1.82) is 0 Å². The average Bonchev–Trinajstić information content (AvgIpc) is 2.66. The van der Waals surface area contributed by atoms with E-state index in [-0.39, 0.29) is 0 Å². The van der Waals surface area contributed by atoms with E-state index in [9.17, 15) is 0 Å². The molecule has 1 rings (SSSR count). The third kappa shape index (κ3) is 4.10. The average molecular weight is 193 g/mol. The van der Waals surface area contributed by atoms with Crippen LogP contribution in [0.2, 0.25) is 0 Å². The normalized spacial score (nSPS) is 21.1. The molecule has 1 nitrogen and oxygen atoms in total. The predicted molar refractivity (Wildman–Crippen MR) is 63.4 cm³/mol. The van der Waals surface area contributed by atoms with Gasteiger partial charge in [-0.15, -0.1) is 6.58 Å². The van der Waals surface area contributed by atoms with E-state index in [1.807, 2.05) is 6.08 Å². The molecule has 1 saturated heterocycles. The van der Waals surface area contributed by atoms with Crippen molar-refractivity contribution < 1.29 is 0 Å². The molecule has 1 heterocycles. The van der Waals surface area contributed by atoms with Crippen molar-refractivity contribution in [3.63, 3.8) is 0 Å². The summed E-state index contributed by atoms with van der Waals surface area (Å²) in [7, 11) is 0. The highest BCUT2D eigenvalue weighted by atomic mass is 15.1. The smallest absolute Gasteiger partial charge is 0.0190 e. The van der Waals surface area contributed by atoms with Gasteiger partial charge in [0.25, 0.3) is 0 Å². The van der Waals surface area contributed by atoms with Crippen LogP contribution in [-0.4, -0.2) is 24.5 Å². The summed E-state index contributed by atoms with van der Waals surface area (Å²) in [5.41, 5.74) is 1.51. The Morgan fingerprint density at radius 2 is 2.07 bits per heavy atom. The Balaban J connectivity index is 2.25. The quantitative estimate of drug-likeness (QED) is 0.606. The first kappa shape index (κ1) is 11.5. The van der Waals surface area contributed by atoms with Crippen molar-refractivity contribution in [2.75, 3.05) is 19.6 Å². The van der Waals surface area contributed by atoms with E-state index in [0.717, 1.165) is 6.42 Å². The Morgan fingerprint density at radius 3 is 2.64 bits per heavy atom. The zero-order chi connectivity index (χ0) is 10.4. The molecule has 14 heavy (non-hydrogen) atoms. The molecule has 1 fully saturated rings. The molecule has 0 spiro atoms. The second-order valence-corrected chi connectivity index (χ2v) is 4.48. The third-order valence-corrected chi connectivity index (χ3v) is 2.91. The first-order chi connectivity index (χ1) is 6.72. The Bertz CT molecular complexity index is 199. The van der Waals surface area contributed by atoms with Crippen LogP contribution in [0, 0.1) is 5.92 Å². The molecule has 0 amide bonds. The molecule has 1 aliphatic heterocycles. The minimum atomic E-state index is 0.614. The molecule has 1 heteroatoms. The molecule has 0 aromatic rings. The molecule has 1 aliphatic rings. The molecule has 0 radical (unpaired) electrons. The van der Waals surface area contributed by atoms with Crippen molar-refractivity contribution in [2.24, 2.45) is 5.92 Å². The number of hydrogen-bond donors (Lipinski definition) is 0. The van der Waals surface area contributed by atoms with Crippen LogP contribution in [0.25, 0.3) is 0 Å². The summed E-state index contributed by atoms with van der Waals surface area (Å²) in [5.74, 6) is 0.614. The van der Waals surface area contributed by atoms with Gasteiger partial charge in [-0.3, -0.25) is 4.90 Å². The van der Waals surface area contributed by atoms with Crippen LogP contribution < -0.4 is 0 Å². The SMILES string of the molecule is C=CC(C)C/C=C(\C)CN1CCCC1. The van der Waals surface area contributed by atoms with Crippen molar-refractivity contribution in [3.8, 4) is 0 Å². The summed E-state index contributed by atoms with van der Waals surface area (Å²) in [6.07, 6.45) is 8.31. The van der Waals surface area contributed by atoms with E-state index in [1.54, 1.807) is 0 Å². The molecule has 1 unspecified atom stereocenters. The van der Waals surface area contributed by atoms with Crippen LogP contribution in [0.3, 0.4) is 0 Å². The van der Waals surface area contributed by atoms with Crippen molar-refractivity contribution in [1.82, 2.24) is 4.90 Å². The molecular formula is C13H23N. The predicted octanol–water partition coefficient (Wildman–Crippen LogP) is 3.24. The number of rotatable bonds is 5. The van der Waals surface area contributed by atoms with Crippen LogP contribution >= 0.6 is 0 Å². The zero-order valence-corrected chi connectivity index (χ0v) is 9.63. The molecular weight excluding hydrogens is 170 g/mol. The van der Waals surface area contributed by atoms with Gasteiger partial charge in [0.05, 0.1) is 0 Å². The van der Waals surface area contributed by atoms with Gasteiger partial charge in [-0.2, -0.15) is 0 Å². The van der Waals surface area contributed by atoms with Crippen LogP contribution in [0.15, 0.2) is 24.3 Å². The van der Waals surface area contributed by atoms with Gasteiger partial charge in [0, 0.05) is 6.54 Å². The van der Waals surface area contributed by atoms with Crippen LogP contribution in [0.1, 0.15) is 33.1 Å². The summed E-state index contributed by atoms with van der Waals surface area (Å²) >= 11 is 0. The van der Waals surface area contributed by atoms with Crippen LogP contribution in [0.5, 0.6) is 0 Å². The molecule has 0 aliphatic carbocycles. The number of allylic oxidation sites excluding steroid dienone is 2. The van der Waals surface area contributed by atoms with Crippen molar-refractivity contribution in [2.45, 2.75) is 33.1 Å². The maximum absolute atomic E-state index is 3.80. The summed E-state index contributed by atoms with van der Waals surface area (Å²) in [6.45, 7) is 12.0. The van der Waals surface area contributed by atoms with Crippen LogP contribution in [-0.2, 0) is 0 Å².